The van der Waals surface area contributed by atoms with Gasteiger partial charge in [-0.25, -0.2) is 8.42 Å². The molecule has 4 nitrogen and oxygen atoms in total. The first-order valence-electron chi connectivity index (χ1n) is 6.71. The Balaban J connectivity index is 2.16. The van der Waals surface area contributed by atoms with Crippen molar-refractivity contribution in [3.8, 4) is 0 Å². The Morgan fingerprint density at radius 2 is 2.05 bits per heavy atom. The largest absolute Gasteiger partial charge is 0.370 e. The molecule has 1 aromatic carbocycles. The van der Waals surface area contributed by atoms with Crippen molar-refractivity contribution >= 4 is 15.5 Å². The van der Waals surface area contributed by atoms with Crippen molar-refractivity contribution < 1.29 is 8.42 Å². The van der Waals surface area contributed by atoms with Gasteiger partial charge < -0.3 is 10.2 Å². The van der Waals surface area contributed by atoms with Crippen LogP contribution in [0.3, 0.4) is 0 Å². The highest BCUT2D eigenvalue weighted by molar-refractivity contribution is 7.91. The number of nitrogens with one attached hydrogen (secondary N) is 1. The molecule has 1 saturated heterocycles. The highest BCUT2D eigenvalue weighted by atomic mass is 32.2. The van der Waals surface area contributed by atoms with E-state index >= 15 is 0 Å². The van der Waals surface area contributed by atoms with E-state index < -0.39 is 9.84 Å². The fourth-order valence-corrected chi connectivity index (χ4v) is 3.73. The molecule has 0 unspecified atom stereocenters. The summed E-state index contributed by atoms with van der Waals surface area (Å²) in [7, 11) is -0.901. The first-order valence-corrected chi connectivity index (χ1v) is 8.53. The molecule has 5 heteroatoms. The Hall–Kier alpha value is -1.07. The van der Waals surface area contributed by atoms with Gasteiger partial charge in [0.2, 0.25) is 0 Å². The van der Waals surface area contributed by atoms with Gasteiger partial charge in [0.1, 0.15) is 0 Å². The molecule has 1 heterocycles. The number of nitrogens with zero attached hydrogens (tertiary/aromatic N) is 1. The van der Waals surface area contributed by atoms with Gasteiger partial charge in [-0.05, 0) is 43.7 Å². The lowest BCUT2D eigenvalue weighted by Crippen LogP contribution is -2.26. The molecule has 0 bridgehead atoms. The molecule has 0 aromatic heterocycles. The fraction of sp³-hybridized carbons (Fsp3) is 0.571. The van der Waals surface area contributed by atoms with Gasteiger partial charge in [-0.3, -0.25) is 0 Å². The number of anilines is 1. The molecule has 0 amide bonds. The van der Waals surface area contributed by atoms with E-state index in [4.69, 9.17) is 0 Å². The van der Waals surface area contributed by atoms with Gasteiger partial charge in [0, 0.05) is 25.3 Å². The van der Waals surface area contributed by atoms with Gasteiger partial charge in [-0.2, -0.15) is 0 Å². The predicted octanol–water partition coefficient (Wildman–Crippen LogP) is 1.34. The van der Waals surface area contributed by atoms with Crippen LogP contribution in [0.25, 0.3) is 0 Å². The Morgan fingerprint density at radius 1 is 1.26 bits per heavy atom. The lowest BCUT2D eigenvalue weighted by molar-refractivity contribution is 0.597. The average Bonchev–Trinajstić information content (AvgIpc) is 2.53. The van der Waals surface area contributed by atoms with E-state index in [1.807, 2.05) is 7.05 Å². The molecule has 1 aliphatic heterocycles. The third-order valence-electron chi connectivity index (χ3n) is 3.61. The van der Waals surface area contributed by atoms with Gasteiger partial charge in [0.25, 0.3) is 0 Å². The summed E-state index contributed by atoms with van der Waals surface area (Å²) in [5, 5.41) is 3.15. The van der Waals surface area contributed by atoms with Crippen LogP contribution >= 0.6 is 0 Å². The molecule has 1 N–H and O–H groups in total. The summed E-state index contributed by atoms with van der Waals surface area (Å²) in [6.07, 6.45) is 0.722. The fourth-order valence-electron chi connectivity index (χ4n) is 2.46. The quantitative estimate of drug-likeness (QED) is 0.909. The van der Waals surface area contributed by atoms with Crippen molar-refractivity contribution in [1.82, 2.24) is 5.32 Å². The minimum atomic E-state index is -2.84. The maximum absolute atomic E-state index is 11.6. The van der Waals surface area contributed by atoms with E-state index in [0.717, 1.165) is 25.2 Å². The smallest absolute Gasteiger partial charge is 0.152 e. The summed E-state index contributed by atoms with van der Waals surface area (Å²) in [4.78, 5) is 2.18. The zero-order chi connectivity index (χ0) is 13.9. The molecule has 1 fully saturated rings. The Labute approximate surface area is 115 Å². The first-order chi connectivity index (χ1) is 9.02. The van der Waals surface area contributed by atoms with Crippen LogP contribution in [-0.2, 0) is 16.4 Å². The van der Waals surface area contributed by atoms with Gasteiger partial charge in [-0.15, -0.1) is 0 Å². The predicted molar refractivity (Wildman–Crippen MR) is 79.4 cm³/mol. The van der Waals surface area contributed by atoms with Crippen LogP contribution in [0.5, 0.6) is 0 Å². The zero-order valence-corrected chi connectivity index (χ0v) is 12.5. The van der Waals surface area contributed by atoms with Crippen LogP contribution in [-0.4, -0.2) is 40.1 Å². The number of aryl methyl sites for hydroxylation is 1. The second-order valence-corrected chi connectivity index (χ2v) is 7.44. The molecular weight excluding hydrogens is 260 g/mol. The van der Waals surface area contributed by atoms with Crippen molar-refractivity contribution in [1.29, 1.82) is 0 Å². The van der Waals surface area contributed by atoms with E-state index in [1.54, 1.807) is 0 Å². The van der Waals surface area contributed by atoms with Crippen molar-refractivity contribution in [3.63, 3.8) is 0 Å². The Bertz CT molecular complexity index is 540. The minimum Gasteiger partial charge on any atom is -0.370 e. The molecule has 1 aliphatic rings. The van der Waals surface area contributed by atoms with E-state index in [9.17, 15) is 8.42 Å². The molecule has 1 aromatic rings. The molecule has 0 spiro atoms. The molecule has 0 saturated carbocycles. The second kappa shape index (κ2) is 5.92. The lowest BCUT2D eigenvalue weighted by atomic mass is 10.1. The van der Waals surface area contributed by atoms with Gasteiger partial charge in [-0.1, -0.05) is 6.07 Å². The standard InChI is InChI=1S/C14H22N2O2S/c1-12-10-14(5-4-13(12)11-15-2)16-6-3-8-19(17,18)9-7-16/h4-5,10,15H,3,6-9,11H2,1-2H3. The molecule has 0 aliphatic carbocycles. The van der Waals surface area contributed by atoms with Crippen molar-refractivity contribution in [2.24, 2.45) is 0 Å². The number of benzene rings is 1. The summed E-state index contributed by atoms with van der Waals surface area (Å²) >= 11 is 0. The Kier molecular flexibility index (Phi) is 4.47. The summed E-state index contributed by atoms with van der Waals surface area (Å²) in [5.41, 5.74) is 3.67. The zero-order valence-electron chi connectivity index (χ0n) is 11.6. The molecule has 106 valence electrons. The minimum absolute atomic E-state index is 0.268. The van der Waals surface area contributed by atoms with Crippen molar-refractivity contribution in [3.05, 3.63) is 29.3 Å². The highest BCUT2D eigenvalue weighted by Gasteiger charge is 2.19. The summed E-state index contributed by atoms with van der Waals surface area (Å²) in [6.45, 7) is 4.39. The monoisotopic (exact) mass is 282 g/mol. The van der Waals surface area contributed by atoms with Crippen LogP contribution in [0, 0.1) is 6.92 Å². The molecule has 0 radical (unpaired) electrons. The molecule has 2 rings (SSSR count). The average molecular weight is 282 g/mol. The van der Waals surface area contributed by atoms with Crippen molar-refractivity contribution in [2.45, 2.75) is 19.9 Å². The van der Waals surface area contributed by atoms with E-state index in [-0.39, 0.29) is 5.75 Å². The van der Waals surface area contributed by atoms with Gasteiger partial charge >= 0.3 is 0 Å². The topological polar surface area (TPSA) is 49.4 Å². The number of sulfone groups is 1. The molecular formula is C14H22N2O2S. The van der Waals surface area contributed by atoms with Crippen LogP contribution in [0.4, 0.5) is 5.69 Å². The van der Waals surface area contributed by atoms with Gasteiger partial charge in [0.05, 0.1) is 11.5 Å². The lowest BCUT2D eigenvalue weighted by Gasteiger charge is -2.23. The van der Waals surface area contributed by atoms with E-state index in [1.165, 1.54) is 11.1 Å². The maximum Gasteiger partial charge on any atom is 0.152 e. The number of hydrogen-bond donors (Lipinski definition) is 1. The third kappa shape index (κ3) is 3.70. The van der Waals surface area contributed by atoms with Crippen LogP contribution in [0.2, 0.25) is 0 Å². The first kappa shape index (κ1) is 14.3. The Morgan fingerprint density at radius 3 is 2.74 bits per heavy atom. The van der Waals surface area contributed by atoms with Crippen LogP contribution in [0.15, 0.2) is 18.2 Å². The summed E-state index contributed by atoms with van der Waals surface area (Å²) in [6, 6.07) is 6.38. The maximum atomic E-state index is 11.6. The van der Waals surface area contributed by atoms with E-state index in [2.05, 4.69) is 35.3 Å². The summed E-state index contributed by atoms with van der Waals surface area (Å²) in [5.74, 6) is 0.588. The molecule has 0 atom stereocenters. The van der Waals surface area contributed by atoms with Gasteiger partial charge in [0.15, 0.2) is 9.84 Å². The van der Waals surface area contributed by atoms with E-state index in [0.29, 0.717) is 12.3 Å². The van der Waals surface area contributed by atoms with Crippen LogP contribution in [0.1, 0.15) is 17.5 Å². The van der Waals surface area contributed by atoms with Crippen LogP contribution < -0.4 is 10.2 Å². The molecule has 19 heavy (non-hydrogen) atoms. The number of rotatable bonds is 3. The highest BCUT2D eigenvalue weighted by Crippen LogP contribution is 2.21. The summed E-state index contributed by atoms with van der Waals surface area (Å²) < 4.78 is 23.2. The number of hydrogen-bond acceptors (Lipinski definition) is 4. The van der Waals surface area contributed by atoms with Crippen molar-refractivity contribution in [2.75, 3.05) is 36.5 Å². The third-order valence-corrected chi connectivity index (χ3v) is 5.33. The second-order valence-electron chi connectivity index (χ2n) is 5.13. The SMILES string of the molecule is CNCc1ccc(N2CCCS(=O)(=O)CC2)cc1C. The normalized spacial score (nSPS) is 19.2.